The molecule has 2 N–H and O–H groups in total. The van der Waals surface area contributed by atoms with Gasteiger partial charge in [0.2, 0.25) is 0 Å². The molecule has 118 valence electrons. The van der Waals surface area contributed by atoms with Gasteiger partial charge in [-0.3, -0.25) is 4.79 Å². The summed E-state index contributed by atoms with van der Waals surface area (Å²) in [6.07, 6.45) is 7.22. The van der Waals surface area contributed by atoms with Gasteiger partial charge in [-0.05, 0) is 55.2 Å². The molecular weight excluding hydrogens is 395 g/mol. The molecule has 0 atom stereocenters. The first kappa shape index (κ1) is 15.5. The predicted molar refractivity (Wildman–Crippen MR) is 92.3 cm³/mol. The summed E-state index contributed by atoms with van der Waals surface area (Å²) in [6.45, 7) is 2.30. The Hall–Kier alpha value is -1.38. The molecule has 2 aromatic rings. The fourth-order valence-corrected chi connectivity index (χ4v) is 4.01. The van der Waals surface area contributed by atoms with Crippen LogP contribution in [0.3, 0.4) is 0 Å². The normalized spacial score (nSPS) is 21.9. The molecule has 1 aliphatic carbocycles. The number of esters is 1. The number of nitrogens with zero attached hydrogens (tertiary/aromatic N) is 3. The third-order valence-electron chi connectivity index (χ3n) is 4.30. The van der Waals surface area contributed by atoms with Crippen LogP contribution in [0.4, 0.5) is 5.82 Å². The van der Waals surface area contributed by atoms with E-state index in [2.05, 4.69) is 43.3 Å². The summed E-state index contributed by atoms with van der Waals surface area (Å²) >= 11 is 2.27. The highest BCUT2D eigenvalue weighted by molar-refractivity contribution is 14.1. The van der Waals surface area contributed by atoms with E-state index in [1.54, 1.807) is 0 Å². The Balaban J connectivity index is 1.80. The molecule has 0 saturated heterocycles. The predicted octanol–water partition coefficient (Wildman–Crippen LogP) is 2.91. The van der Waals surface area contributed by atoms with Gasteiger partial charge in [0.1, 0.15) is 17.8 Å². The van der Waals surface area contributed by atoms with Crippen LogP contribution in [0.5, 0.6) is 0 Å². The Labute approximate surface area is 142 Å². The minimum absolute atomic E-state index is 0.0387. The molecule has 0 unspecified atom stereocenters. The van der Waals surface area contributed by atoms with Crippen LogP contribution in [0, 0.1) is 9.49 Å². The molecule has 22 heavy (non-hydrogen) atoms. The summed E-state index contributed by atoms with van der Waals surface area (Å²) in [6, 6.07) is 0.353. The van der Waals surface area contributed by atoms with Gasteiger partial charge >= 0.3 is 5.97 Å². The van der Waals surface area contributed by atoms with Gasteiger partial charge in [-0.25, -0.2) is 9.97 Å². The van der Waals surface area contributed by atoms with Crippen LogP contribution in [-0.2, 0) is 9.53 Å². The largest absolute Gasteiger partial charge is 0.466 e. The second-order valence-corrected chi connectivity index (χ2v) is 6.76. The van der Waals surface area contributed by atoms with E-state index in [9.17, 15) is 4.79 Å². The molecule has 2 heterocycles. The first-order valence-electron chi connectivity index (χ1n) is 7.55. The lowest BCUT2D eigenvalue weighted by Crippen LogP contribution is -2.25. The molecule has 1 saturated carbocycles. The van der Waals surface area contributed by atoms with E-state index < -0.39 is 0 Å². The number of carbonyl (C=O) groups is 1. The molecule has 0 aromatic carbocycles. The van der Waals surface area contributed by atoms with Gasteiger partial charge in [-0.2, -0.15) is 0 Å². The first-order chi connectivity index (χ1) is 10.6. The SMILES string of the molecule is CCOC(=O)C1CCC(n2cc(I)c3c(N)ncnc32)CC1. The highest BCUT2D eigenvalue weighted by Crippen LogP contribution is 2.36. The first-order valence-corrected chi connectivity index (χ1v) is 8.62. The van der Waals surface area contributed by atoms with E-state index in [4.69, 9.17) is 10.5 Å². The number of hydrogen-bond donors (Lipinski definition) is 1. The van der Waals surface area contributed by atoms with E-state index >= 15 is 0 Å². The summed E-state index contributed by atoms with van der Waals surface area (Å²) in [4.78, 5) is 20.3. The molecule has 3 rings (SSSR count). The maximum absolute atomic E-state index is 11.8. The van der Waals surface area contributed by atoms with E-state index in [1.165, 1.54) is 6.33 Å². The van der Waals surface area contributed by atoms with Crippen molar-refractivity contribution in [2.24, 2.45) is 5.92 Å². The summed E-state index contributed by atoms with van der Waals surface area (Å²) in [5, 5.41) is 0.926. The second kappa shape index (κ2) is 6.39. The Morgan fingerprint density at radius 1 is 1.41 bits per heavy atom. The summed E-state index contributed by atoms with van der Waals surface area (Å²) < 4.78 is 8.39. The van der Waals surface area contributed by atoms with Gasteiger partial charge in [0, 0.05) is 15.8 Å². The van der Waals surface area contributed by atoms with Crippen molar-refractivity contribution in [3.8, 4) is 0 Å². The van der Waals surface area contributed by atoms with Gasteiger partial charge in [0.25, 0.3) is 0 Å². The highest BCUT2D eigenvalue weighted by Gasteiger charge is 2.29. The zero-order chi connectivity index (χ0) is 15.7. The van der Waals surface area contributed by atoms with Crippen molar-refractivity contribution >= 4 is 45.4 Å². The quantitative estimate of drug-likeness (QED) is 0.617. The third kappa shape index (κ3) is 2.78. The fraction of sp³-hybridized carbons (Fsp3) is 0.533. The second-order valence-electron chi connectivity index (χ2n) is 5.60. The van der Waals surface area contributed by atoms with Crippen molar-refractivity contribution < 1.29 is 9.53 Å². The Bertz CT molecular complexity index is 692. The van der Waals surface area contributed by atoms with Crippen LogP contribution < -0.4 is 5.73 Å². The maximum Gasteiger partial charge on any atom is 0.308 e. The number of nitrogen functional groups attached to an aromatic ring is 1. The lowest BCUT2D eigenvalue weighted by atomic mass is 9.86. The molecule has 0 aliphatic heterocycles. The highest BCUT2D eigenvalue weighted by atomic mass is 127. The molecule has 2 aromatic heterocycles. The van der Waals surface area contributed by atoms with Gasteiger partial charge in [-0.1, -0.05) is 0 Å². The molecule has 1 aliphatic rings. The van der Waals surface area contributed by atoms with Crippen LogP contribution in [0.2, 0.25) is 0 Å². The maximum atomic E-state index is 11.8. The van der Waals surface area contributed by atoms with Crippen molar-refractivity contribution in [1.82, 2.24) is 14.5 Å². The van der Waals surface area contributed by atoms with Crippen LogP contribution in [-0.4, -0.2) is 27.1 Å². The number of carbonyl (C=O) groups excluding carboxylic acids is 1. The van der Waals surface area contributed by atoms with Crippen LogP contribution >= 0.6 is 22.6 Å². The minimum atomic E-state index is -0.0561. The number of ether oxygens (including phenoxy) is 1. The zero-order valence-corrected chi connectivity index (χ0v) is 14.6. The van der Waals surface area contributed by atoms with E-state index in [-0.39, 0.29) is 11.9 Å². The number of hydrogen-bond acceptors (Lipinski definition) is 5. The number of halogens is 1. The molecule has 6 nitrogen and oxygen atoms in total. The number of anilines is 1. The molecule has 0 radical (unpaired) electrons. The van der Waals surface area contributed by atoms with Gasteiger partial charge in [0.15, 0.2) is 0 Å². The zero-order valence-electron chi connectivity index (χ0n) is 12.5. The van der Waals surface area contributed by atoms with Crippen LogP contribution in [0.25, 0.3) is 11.0 Å². The van der Waals surface area contributed by atoms with Gasteiger partial charge < -0.3 is 15.0 Å². The van der Waals surface area contributed by atoms with Crippen molar-refractivity contribution in [2.45, 2.75) is 38.6 Å². The van der Waals surface area contributed by atoms with Crippen LogP contribution in [0.1, 0.15) is 38.6 Å². The molecule has 0 spiro atoms. The molecule has 1 fully saturated rings. The fourth-order valence-electron chi connectivity index (χ4n) is 3.19. The monoisotopic (exact) mass is 414 g/mol. The van der Waals surface area contributed by atoms with Crippen LogP contribution in [0.15, 0.2) is 12.5 Å². The summed E-state index contributed by atoms with van der Waals surface area (Å²) in [5.41, 5.74) is 6.85. The average Bonchev–Trinajstić information content (AvgIpc) is 2.86. The standard InChI is InChI=1S/C15H19IN4O2/c1-2-22-15(21)9-3-5-10(6-4-9)20-7-11(16)12-13(17)18-8-19-14(12)20/h7-10H,2-6H2,1H3,(H2,17,18,19). The number of fused-ring (bicyclic) bond motifs is 1. The molecular formula is C15H19IN4O2. The van der Waals surface area contributed by atoms with Crippen molar-refractivity contribution in [2.75, 3.05) is 12.3 Å². The third-order valence-corrected chi connectivity index (χ3v) is 5.12. The lowest BCUT2D eigenvalue weighted by Gasteiger charge is -2.28. The summed E-state index contributed by atoms with van der Waals surface area (Å²) in [7, 11) is 0. The number of rotatable bonds is 3. The Morgan fingerprint density at radius 2 is 2.14 bits per heavy atom. The van der Waals surface area contributed by atoms with Gasteiger partial charge in [-0.15, -0.1) is 0 Å². The number of aromatic nitrogens is 3. The molecule has 0 bridgehead atoms. The average molecular weight is 414 g/mol. The van der Waals surface area contributed by atoms with Crippen molar-refractivity contribution in [3.63, 3.8) is 0 Å². The molecule has 0 amide bonds. The topological polar surface area (TPSA) is 83.0 Å². The van der Waals surface area contributed by atoms with Crippen molar-refractivity contribution in [3.05, 3.63) is 16.1 Å². The Morgan fingerprint density at radius 3 is 2.82 bits per heavy atom. The Kier molecular flexibility index (Phi) is 4.51. The summed E-state index contributed by atoms with van der Waals surface area (Å²) in [5.74, 6) is 0.504. The lowest BCUT2D eigenvalue weighted by molar-refractivity contribution is -0.149. The van der Waals surface area contributed by atoms with Crippen molar-refractivity contribution in [1.29, 1.82) is 0 Å². The number of nitrogens with two attached hydrogens (primary N) is 1. The van der Waals surface area contributed by atoms with E-state index in [0.717, 1.165) is 40.3 Å². The van der Waals surface area contributed by atoms with E-state index in [1.807, 2.05) is 6.92 Å². The van der Waals surface area contributed by atoms with Gasteiger partial charge in [0.05, 0.1) is 17.9 Å². The van der Waals surface area contributed by atoms with E-state index in [0.29, 0.717) is 18.5 Å². The minimum Gasteiger partial charge on any atom is -0.466 e. The smallest absolute Gasteiger partial charge is 0.308 e. The molecule has 7 heteroatoms.